The van der Waals surface area contributed by atoms with E-state index in [1.165, 1.54) is 18.2 Å². The van der Waals surface area contributed by atoms with Gasteiger partial charge in [0.05, 0.1) is 33.5 Å². The first-order valence-corrected chi connectivity index (χ1v) is 8.00. The molecule has 0 bridgehead atoms. The lowest BCUT2D eigenvalue weighted by atomic mass is 10.1. The summed E-state index contributed by atoms with van der Waals surface area (Å²) in [5.74, 6) is -2.24. The highest BCUT2D eigenvalue weighted by molar-refractivity contribution is 6.33. The normalized spacial score (nSPS) is 12.9. The molecule has 26 heavy (non-hydrogen) atoms. The van der Waals surface area contributed by atoms with Gasteiger partial charge >= 0.3 is 5.97 Å². The Morgan fingerprint density at radius 2 is 1.88 bits per heavy atom. The quantitative estimate of drug-likeness (QED) is 0.619. The molecule has 1 aromatic carbocycles. The molecule has 0 unspecified atom stereocenters. The van der Waals surface area contributed by atoms with Crippen LogP contribution in [0.2, 0.25) is 5.02 Å². The number of aromatic nitrogens is 1. The SMILES string of the molecule is CC(C)OC(=O)c1cc(-n2c(N)c3c(cc2=O)C(=O)NC3=O)ccc1Cl. The Morgan fingerprint density at radius 3 is 2.54 bits per heavy atom. The van der Waals surface area contributed by atoms with Crippen LogP contribution in [0, 0.1) is 0 Å². The van der Waals surface area contributed by atoms with Crippen LogP contribution in [-0.4, -0.2) is 28.5 Å². The highest BCUT2D eigenvalue weighted by Crippen LogP contribution is 2.26. The van der Waals surface area contributed by atoms with Crippen LogP contribution in [0.3, 0.4) is 0 Å². The van der Waals surface area contributed by atoms with Gasteiger partial charge in [-0.3, -0.25) is 24.3 Å². The van der Waals surface area contributed by atoms with Gasteiger partial charge in [-0.15, -0.1) is 0 Å². The Kier molecular flexibility index (Phi) is 4.29. The van der Waals surface area contributed by atoms with Gasteiger partial charge in [0, 0.05) is 6.07 Å². The van der Waals surface area contributed by atoms with Crippen LogP contribution in [0.25, 0.3) is 5.69 Å². The number of ether oxygens (including phenoxy) is 1. The molecule has 134 valence electrons. The van der Waals surface area contributed by atoms with E-state index < -0.39 is 23.3 Å². The number of nitrogens with two attached hydrogens (primary N) is 1. The van der Waals surface area contributed by atoms with Crippen molar-refractivity contribution in [2.75, 3.05) is 5.73 Å². The van der Waals surface area contributed by atoms with E-state index in [1.807, 2.05) is 0 Å². The van der Waals surface area contributed by atoms with E-state index in [1.54, 1.807) is 13.8 Å². The minimum absolute atomic E-state index is 0.0465. The Morgan fingerprint density at radius 1 is 1.19 bits per heavy atom. The fourth-order valence-corrected chi connectivity index (χ4v) is 2.83. The van der Waals surface area contributed by atoms with Gasteiger partial charge in [-0.2, -0.15) is 0 Å². The number of nitrogens with one attached hydrogen (secondary N) is 1. The largest absolute Gasteiger partial charge is 0.459 e. The van der Waals surface area contributed by atoms with Crippen LogP contribution >= 0.6 is 11.6 Å². The van der Waals surface area contributed by atoms with Crippen LogP contribution in [0.1, 0.15) is 44.9 Å². The first-order valence-electron chi connectivity index (χ1n) is 7.62. The number of nitrogens with zero attached hydrogens (tertiary/aromatic N) is 1. The molecule has 2 aromatic rings. The highest BCUT2D eigenvalue weighted by atomic mass is 35.5. The summed E-state index contributed by atoms with van der Waals surface area (Å²) < 4.78 is 6.15. The number of carbonyl (C=O) groups is 3. The minimum atomic E-state index is -0.690. The molecule has 0 atom stereocenters. The average Bonchev–Trinajstić information content (AvgIpc) is 2.82. The molecule has 0 saturated carbocycles. The van der Waals surface area contributed by atoms with Crippen molar-refractivity contribution in [1.29, 1.82) is 0 Å². The molecule has 9 heteroatoms. The number of imide groups is 1. The third-order valence-corrected chi connectivity index (χ3v) is 4.05. The number of carbonyl (C=O) groups excluding carboxylic acids is 3. The Bertz CT molecular complexity index is 1030. The molecule has 1 aliphatic heterocycles. The first kappa shape index (κ1) is 17.7. The van der Waals surface area contributed by atoms with Crippen molar-refractivity contribution in [3.8, 4) is 5.69 Å². The van der Waals surface area contributed by atoms with Gasteiger partial charge in [0.2, 0.25) is 0 Å². The van der Waals surface area contributed by atoms with Crippen LogP contribution in [-0.2, 0) is 4.74 Å². The fraction of sp³-hybridized carbons (Fsp3) is 0.176. The smallest absolute Gasteiger partial charge is 0.339 e. The second-order valence-corrected chi connectivity index (χ2v) is 6.30. The summed E-state index contributed by atoms with van der Waals surface area (Å²) in [6, 6.07) is 5.24. The standard InChI is InChI=1S/C17H14ClN3O5/c1-7(2)26-17(25)9-5-8(3-4-11(9)18)21-12(22)6-10-13(14(21)19)16(24)20-15(10)23/h3-7H,19H2,1-2H3,(H,20,23,24). The summed E-state index contributed by atoms with van der Waals surface area (Å²) >= 11 is 6.05. The lowest BCUT2D eigenvalue weighted by Crippen LogP contribution is -2.24. The Hall–Kier alpha value is -3.13. The molecular formula is C17H14ClN3O5. The van der Waals surface area contributed by atoms with Gasteiger partial charge in [-0.05, 0) is 32.0 Å². The van der Waals surface area contributed by atoms with Crippen molar-refractivity contribution >= 4 is 35.2 Å². The molecular weight excluding hydrogens is 362 g/mol. The minimum Gasteiger partial charge on any atom is -0.459 e. The number of anilines is 1. The van der Waals surface area contributed by atoms with Gasteiger partial charge in [-0.1, -0.05) is 11.6 Å². The maximum absolute atomic E-state index is 12.4. The van der Waals surface area contributed by atoms with E-state index in [0.717, 1.165) is 10.6 Å². The molecule has 0 radical (unpaired) electrons. The molecule has 8 nitrogen and oxygen atoms in total. The van der Waals surface area contributed by atoms with E-state index in [9.17, 15) is 19.2 Å². The van der Waals surface area contributed by atoms with Gasteiger partial charge in [0.15, 0.2) is 0 Å². The molecule has 0 fully saturated rings. The number of nitrogen functional groups attached to an aromatic ring is 1. The van der Waals surface area contributed by atoms with Gasteiger partial charge in [0.25, 0.3) is 17.4 Å². The molecule has 0 saturated heterocycles. The molecule has 2 heterocycles. The highest BCUT2D eigenvalue weighted by Gasteiger charge is 2.32. The van der Waals surface area contributed by atoms with Crippen LogP contribution in [0.15, 0.2) is 29.1 Å². The number of pyridine rings is 1. The second-order valence-electron chi connectivity index (χ2n) is 5.89. The molecule has 0 spiro atoms. The van der Waals surface area contributed by atoms with E-state index in [0.29, 0.717) is 0 Å². The number of amides is 2. The maximum Gasteiger partial charge on any atom is 0.339 e. The van der Waals surface area contributed by atoms with E-state index >= 15 is 0 Å². The first-order chi connectivity index (χ1) is 12.2. The summed E-state index contributed by atoms with van der Waals surface area (Å²) in [7, 11) is 0. The molecule has 0 aliphatic carbocycles. The predicted molar refractivity (Wildman–Crippen MR) is 93.8 cm³/mol. The number of esters is 1. The van der Waals surface area contributed by atoms with Crippen molar-refractivity contribution in [1.82, 2.24) is 9.88 Å². The van der Waals surface area contributed by atoms with Crippen LogP contribution in [0.5, 0.6) is 0 Å². The summed E-state index contributed by atoms with van der Waals surface area (Å²) in [5.41, 5.74) is 5.43. The molecule has 1 aromatic heterocycles. The number of halogens is 1. The summed E-state index contributed by atoms with van der Waals surface area (Å²) in [6.45, 7) is 3.38. The zero-order valence-corrected chi connectivity index (χ0v) is 14.6. The molecule has 3 N–H and O–H groups in total. The van der Waals surface area contributed by atoms with Crippen molar-refractivity contribution in [3.05, 3.63) is 56.3 Å². The van der Waals surface area contributed by atoms with Gasteiger partial charge in [-0.25, -0.2) is 4.79 Å². The van der Waals surface area contributed by atoms with Crippen LogP contribution in [0.4, 0.5) is 5.82 Å². The summed E-state index contributed by atoms with van der Waals surface area (Å²) in [4.78, 5) is 48.2. The van der Waals surface area contributed by atoms with Crippen molar-refractivity contribution < 1.29 is 19.1 Å². The number of hydrogen-bond donors (Lipinski definition) is 2. The van der Waals surface area contributed by atoms with E-state index in [2.05, 4.69) is 5.32 Å². The molecule has 1 aliphatic rings. The predicted octanol–water partition coefficient (Wildman–Crippen LogP) is 1.52. The molecule has 2 amide bonds. The third-order valence-electron chi connectivity index (χ3n) is 3.72. The second kappa shape index (κ2) is 6.30. The third kappa shape index (κ3) is 2.84. The Balaban J connectivity index is 2.18. The van der Waals surface area contributed by atoms with Gasteiger partial charge < -0.3 is 10.5 Å². The summed E-state index contributed by atoms with van der Waals surface area (Å²) in [6.07, 6.45) is -0.357. The van der Waals surface area contributed by atoms with E-state index in [-0.39, 0.29) is 39.3 Å². The van der Waals surface area contributed by atoms with Crippen molar-refractivity contribution in [2.45, 2.75) is 20.0 Å². The average molecular weight is 376 g/mol. The lowest BCUT2D eigenvalue weighted by molar-refractivity contribution is 0.0377. The van der Waals surface area contributed by atoms with E-state index in [4.69, 9.17) is 22.1 Å². The Labute approximate surface area is 152 Å². The topological polar surface area (TPSA) is 120 Å². The van der Waals surface area contributed by atoms with Crippen molar-refractivity contribution in [2.24, 2.45) is 0 Å². The fourth-order valence-electron chi connectivity index (χ4n) is 2.63. The number of rotatable bonds is 3. The summed E-state index contributed by atoms with van der Waals surface area (Å²) in [5, 5.41) is 2.22. The monoisotopic (exact) mass is 375 g/mol. The van der Waals surface area contributed by atoms with Gasteiger partial charge in [0.1, 0.15) is 5.82 Å². The van der Waals surface area contributed by atoms with Crippen LogP contribution < -0.4 is 16.6 Å². The zero-order valence-electron chi connectivity index (χ0n) is 13.8. The zero-order chi connectivity index (χ0) is 19.2. The number of benzene rings is 1. The lowest BCUT2D eigenvalue weighted by Gasteiger charge is -2.14. The maximum atomic E-state index is 12.4. The number of hydrogen-bond acceptors (Lipinski definition) is 6. The number of fused-ring (bicyclic) bond motifs is 1. The molecule has 3 rings (SSSR count). The van der Waals surface area contributed by atoms with Crippen molar-refractivity contribution in [3.63, 3.8) is 0 Å².